The molecule has 2 rings (SSSR count). The Hall–Kier alpha value is -0.610. The smallest absolute Gasteiger partial charge is 0.227 e. The van der Waals surface area contributed by atoms with Gasteiger partial charge in [-0.05, 0) is 25.7 Å². The lowest BCUT2D eigenvalue weighted by Crippen LogP contribution is -2.53. The molecule has 0 spiro atoms. The van der Waals surface area contributed by atoms with Gasteiger partial charge in [-0.3, -0.25) is 4.79 Å². The molecule has 104 valence electrons. The van der Waals surface area contributed by atoms with Gasteiger partial charge in [0.1, 0.15) is 0 Å². The zero-order valence-corrected chi connectivity index (χ0v) is 11.2. The first kappa shape index (κ1) is 13.8. The third-order valence-electron chi connectivity index (χ3n) is 4.73. The summed E-state index contributed by atoms with van der Waals surface area (Å²) in [7, 11) is 0. The lowest BCUT2D eigenvalue weighted by molar-refractivity contribution is -0.134. The first-order valence-corrected chi connectivity index (χ1v) is 7.37. The van der Waals surface area contributed by atoms with Gasteiger partial charge in [0.15, 0.2) is 0 Å². The first-order valence-electron chi connectivity index (χ1n) is 7.37. The highest BCUT2D eigenvalue weighted by Crippen LogP contribution is 2.36. The molecule has 0 bridgehead atoms. The van der Waals surface area contributed by atoms with E-state index in [0.717, 1.165) is 51.4 Å². The topological polar surface area (TPSA) is 75.4 Å². The summed E-state index contributed by atoms with van der Waals surface area (Å²) in [4.78, 5) is 12.5. The number of rotatable bonds is 3. The number of nitrogens with two attached hydrogens (primary N) is 1. The van der Waals surface area contributed by atoms with Crippen molar-refractivity contribution in [3.63, 3.8) is 0 Å². The maximum atomic E-state index is 12.5. The largest absolute Gasteiger partial charge is 0.391 e. The van der Waals surface area contributed by atoms with Crippen molar-refractivity contribution in [3.05, 3.63) is 0 Å². The summed E-state index contributed by atoms with van der Waals surface area (Å²) < 4.78 is 0. The highest BCUT2D eigenvalue weighted by molar-refractivity contribution is 5.83. The van der Waals surface area contributed by atoms with E-state index in [1.165, 1.54) is 6.42 Å². The molecule has 0 aromatic heterocycles. The van der Waals surface area contributed by atoms with Crippen molar-refractivity contribution in [3.8, 4) is 0 Å². The first-order chi connectivity index (χ1) is 8.68. The lowest BCUT2D eigenvalue weighted by atomic mass is 9.73. The molecule has 0 saturated heterocycles. The number of carbonyl (C=O) groups is 1. The second-order valence-corrected chi connectivity index (χ2v) is 5.98. The van der Waals surface area contributed by atoms with Crippen molar-refractivity contribution >= 4 is 5.91 Å². The minimum Gasteiger partial charge on any atom is -0.391 e. The van der Waals surface area contributed by atoms with E-state index in [4.69, 9.17) is 5.73 Å². The second-order valence-electron chi connectivity index (χ2n) is 5.98. The summed E-state index contributed by atoms with van der Waals surface area (Å²) in [5.74, 6) is 0.0793. The summed E-state index contributed by atoms with van der Waals surface area (Å²) in [6, 6.07) is -0.0587. The van der Waals surface area contributed by atoms with Crippen LogP contribution in [0.1, 0.15) is 57.8 Å². The Balaban J connectivity index is 1.96. The summed E-state index contributed by atoms with van der Waals surface area (Å²) in [6.45, 7) is 0.432. The standard InChI is InChI=1S/C14H26N2O2/c15-10-14(8-4-1-5-9-14)13(18)16-11-6-2-3-7-12(11)17/h11-12,17H,1-10,15H2,(H,16,18)/t11-,12-/m0/s1. The molecule has 4 N–H and O–H groups in total. The molecule has 0 heterocycles. The van der Waals surface area contributed by atoms with Crippen molar-refractivity contribution in [1.29, 1.82) is 0 Å². The summed E-state index contributed by atoms with van der Waals surface area (Å²) in [5.41, 5.74) is 5.49. The van der Waals surface area contributed by atoms with E-state index >= 15 is 0 Å². The number of carbonyl (C=O) groups excluding carboxylic acids is 1. The molecule has 2 aliphatic rings. The molecule has 0 aliphatic heterocycles. The Kier molecular flexibility index (Phi) is 4.62. The predicted octanol–water partition coefficient (Wildman–Crippen LogP) is 1.32. The average molecular weight is 254 g/mol. The molecular weight excluding hydrogens is 228 g/mol. The van der Waals surface area contributed by atoms with Crippen LogP contribution in [-0.4, -0.2) is 29.7 Å². The number of hydrogen-bond acceptors (Lipinski definition) is 3. The van der Waals surface area contributed by atoms with Crippen LogP contribution >= 0.6 is 0 Å². The Bertz CT molecular complexity index is 288. The molecule has 4 heteroatoms. The van der Waals surface area contributed by atoms with E-state index in [1.807, 2.05) is 0 Å². The monoisotopic (exact) mass is 254 g/mol. The summed E-state index contributed by atoms with van der Waals surface area (Å²) in [5, 5.41) is 13.0. The molecule has 0 aromatic carbocycles. The van der Waals surface area contributed by atoms with Gasteiger partial charge in [0.05, 0.1) is 17.6 Å². The quantitative estimate of drug-likeness (QED) is 0.711. The van der Waals surface area contributed by atoms with E-state index in [9.17, 15) is 9.90 Å². The van der Waals surface area contributed by atoms with E-state index < -0.39 is 0 Å². The van der Waals surface area contributed by atoms with Crippen molar-refractivity contribution < 1.29 is 9.90 Å². The molecule has 0 aromatic rings. The minimum atomic E-state index is -0.374. The van der Waals surface area contributed by atoms with Gasteiger partial charge >= 0.3 is 0 Å². The fourth-order valence-corrected chi connectivity index (χ4v) is 3.35. The molecule has 1 amide bonds. The highest BCUT2D eigenvalue weighted by atomic mass is 16.3. The van der Waals surface area contributed by atoms with E-state index in [2.05, 4.69) is 5.32 Å². The van der Waals surface area contributed by atoms with Gasteiger partial charge in [0, 0.05) is 6.54 Å². The third kappa shape index (κ3) is 2.86. The van der Waals surface area contributed by atoms with Crippen LogP contribution in [0.25, 0.3) is 0 Å². The van der Waals surface area contributed by atoms with Crippen LogP contribution in [0.5, 0.6) is 0 Å². The van der Waals surface area contributed by atoms with Crippen LogP contribution < -0.4 is 11.1 Å². The molecule has 4 nitrogen and oxygen atoms in total. The average Bonchev–Trinajstić information content (AvgIpc) is 2.42. The van der Waals surface area contributed by atoms with Crippen LogP contribution in [0.4, 0.5) is 0 Å². The Morgan fingerprint density at radius 3 is 2.44 bits per heavy atom. The number of amides is 1. The molecule has 0 radical (unpaired) electrons. The van der Waals surface area contributed by atoms with Gasteiger partial charge in [0.25, 0.3) is 0 Å². The third-order valence-corrected chi connectivity index (χ3v) is 4.73. The Morgan fingerprint density at radius 2 is 1.83 bits per heavy atom. The SMILES string of the molecule is NCC1(C(=O)N[C@H]2CCCC[C@@H]2O)CCCCC1. The van der Waals surface area contributed by atoms with Crippen LogP contribution in [0.3, 0.4) is 0 Å². The molecule has 2 fully saturated rings. The van der Waals surface area contributed by atoms with Crippen LogP contribution in [0.2, 0.25) is 0 Å². The van der Waals surface area contributed by atoms with Crippen LogP contribution in [0, 0.1) is 5.41 Å². The molecule has 2 saturated carbocycles. The molecule has 2 aliphatic carbocycles. The number of aliphatic hydroxyl groups is 1. The van der Waals surface area contributed by atoms with Gasteiger partial charge in [-0.2, -0.15) is 0 Å². The summed E-state index contributed by atoms with van der Waals surface area (Å²) in [6.07, 6.45) is 8.69. The maximum absolute atomic E-state index is 12.5. The van der Waals surface area contributed by atoms with Crippen LogP contribution in [0.15, 0.2) is 0 Å². The fraction of sp³-hybridized carbons (Fsp3) is 0.929. The number of aliphatic hydroxyl groups excluding tert-OH is 1. The zero-order valence-electron chi connectivity index (χ0n) is 11.2. The number of nitrogens with one attached hydrogen (secondary N) is 1. The van der Waals surface area contributed by atoms with Gasteiger partial charge in [0.2, 0.25) is 5.91 Å². The Labute approximate surface area is 109 Å². The highest BCUT2D eigenvalue weighted by Gasteiger charge is 2.39. The molecule has 2 atom stereocenters. The van der Waals surface area contributed by atoms with Gasteiger partial charge in [-0.25, -0.2) is 0 Å². The zero-order chi connectivity index (χ0) is 13.0. The Morgan fingerprint density at radius 1 is 1.17 bits per heavy atom. The molecular formula is C14H26N2O2. The van der Waals surface area contributed by atoms with Crippen molar-refractivity contribution in [2.24, 2.45) is 11.1 Å². The molecule has 0 unspecified atom stereocenters. The van der Waals surface area contributed by atoms with E-state index in [1.54, 1.807) is 0 Å². The van der Waals surface area contributed by atoms with Gasteiger partial charge < -0.3 is 16.2 Å². The van der Waals surface area contributed by atoms with Crippen molar-refractivity contribution in [2.75, 3.05) is 6.54 Å². The predicted molar refractivity (Wildman–Crippen MR) is 71.0 cm³/mol. The van der Waals surface area contributed by atoms with Crippen LogP contribution in [-0.2, 0) is 4.79 Å². The van der Waals surface area contributed by atoms with Gasteiger partial charge in [-0.1, -0.05) is 32.1 Å². The second kappa shape index (κ2) is 6.02. The van der Waals surface area contributed by atoms with E-state index in [0.29, 0.717) is 6.54 Å². The van der Waals surface area contributed by atoms with Crippen molar-refractivity contribution in [2.45, 2.75) is 69.9 Å². The van der Waals surface area contributed by atoms with Gasteiger partial charge in [-0.15, -0.1) is 0 Å². The minimum absolute atomic E-state index is 0.0587. The lowest BCUT2D eigenvalue weighted by Gasteiger charge is -2.37. The summed E-state index contributed by atoms with van der Waals surface area (Å²) >= 11 is 0. The maximum Gasteiger partial charge on any atom is 0.227 e. The molecule has 18 heavy (non-hydrogen) atoms. The number of hydrogen-bond donors (Lipinski definition) is 3. The fourth-order valence-electron chi connectivity index (χ4n) is 3.35. The van der Waals surface area contributed by atoms with E-state index in [-0.39, 0.29) is 23.5 Å². The normalized spacial score (nSPS) is 31.9. The van der Waals surface area contributed by atoms with Crippen molar-refractivity contribution in [1.82, 2.24) is 5.32 Å².